The van der Waals surface area contributed by atoms with Crippen molar-refractivity contribution in [3.8, 4) is 0 Å². The highest BCUT2D eigenvalue weighted by Crippen LogP contribution is 2.30. The van der Waals surface area contributed by atoms with E-state index < -0.39 is 54.3 Å². The van der Waals surface area contributed by atoms with Gasteiger partial charge in [-0.25, -0.2) is 0 Å². The molecule has 1 aliphatic rings. The average molecular weight is 437 g/mol. The van der Waals surface area contributed by atoms with Gasteiger partial charge < -0.3 is 18.9 Å². The molecule has 0 bridgehead atoms. The number of carbonyl (C=O) groups excluding carboxylic acids is 4. The Balaban J connectivity index is 2.28. The Kier molecular flexibility index (Phi) is 8.95. The predicted octanol–water partition coefficient (Wildman–Crippen LogP) is 1.21. The number of ether oxygens (including phenoxy) is 4. The lowest BCUT2D eigenvalue weighted by Gasteiger charge is -2.44. The van der Waals surface area contributed by atoms with Gasteiger partial charge in [-0.3, -0.25) is 24.0 Å². The molecule has 170 valence electrons. The molecule has 1 aromatic rings. The fraction of sp³-hybridized carbons (Fsp3) is 0.524. The van der Waals surface area contributed by atoms with Crippen LogP contribution in [-0.2, 0) is 49.6 Å². The Bertz CT molecular complexity index is 782. The number of carbonyl (C=O) groups is 4. The molecule has 0 unspecified atom stereocenters. The predicted molar refractivity (Wildman–Crippen MR) is 105 cm³/mol. The summed E-state index contributed by atoms with van der Waals surface area (Å²) in [6, 6.07) is 8.60. The summed E-state index contributed by atoms with van der Waals surface area (Å²) in [5.41, 5.74) is 3.70. The van der Waals surface area contributed by atoms with Crippen molar-refractivity contribution in [3.05, 3.63) is 35.9 Å². The van der Waals surface area contributed by atoms with Crippen molar-refractivity contribution in [2.45, 2.75) is 71.2 Å². The van der Waals surface area contributed by atoms with Gasteiger partial charge in [0.1, 0.15) is 6.10 Å². The van der Waals surface area contributed by atoms with Crippen molar-refractivity contribution in [3.63, 3.8) is 0 Å². The molecule has 1 aliphatic carbocycles. The van der Waals surface area contributed by atoms with E-state index in [4.69, 9.17) is 23.8 Å². The summed E-state index contributed by atoms with van der Waals surface area (Å²) >= 11 is 0. The first-order valence-electron chi connectivity index (χ1n) is 9.77. The Labute approximate surface area is 180 Å². The van der Waals surface area contributed by atoms with Gasteiger partial charge in [0.25, 0.3) is 0 Å². The monoisotopic (exact) mass is 437 g/mol. The molecule has 0 radical (unpaired) electrons. The van der Waals surface area contributed by atoms with E-state index in [0.717, 1.165) is 5.56 Å². The van der Waals surface area contributed by atoms with Crippen molar-refractivity contribution in [1.29, 1.82) is 0 Å². The highest BCUT2D eigenvalue weighted by molar-refractivity contribution is 5.69. The largest absolute Gasteiger partial charge is 0.458 e. The molecule has 5 atom stereocenters. The van der Waals surface area contributed by atoms with Crippen LogP contribution in [0.4, 0.5) is 0 Å². The van der Waals surface area contributed by atoms with Crippen LogP contribution in [0.2, 0.25) is 0 Å². The minimum atomic E-state index is -1.22. The highest BCUT2D eigenvalue weighted by atomic mass is 16.7. The molecular weight excluding hydrogens is 410 g/mol. The van der Waals surface area contributed by atoms with Crippen LogP contribution in [0.5, 0.6) is 0 Å². The maximum atomic E-state index is 11.7. The number of hydroxylamine groups is 1. The van der Waals surface area contributed by atoms with Gasteiger partial charge in [-0.15, -0.1) is 0 Å². The maximum Gasteiger partial charge on any atom is 0.303 e. The summed E-state index contributed by atoms with van der Waals surface area (Å²) in [7, 11) is 0. The van der Waals surface area contributed by atoms with Crippen molar-refractivity contribution < 1.29 is 43.0 Å². The second-order valence-corrected chi connectivity index (χ2v) is 7.10. The number of benzene rings is 1. The first-order valence-corrected chi connectivity index (χ1v) is 9.77. The van der Waals surface area contributed by atoms with E-state index in [1.165, 1.54) is 27.7 Å². The number of hydrogen-bond donors (Lipinski definition) is 1. The van der Waals surface area contributed by atoms with Crippen molar-refractivity contribution in [2.75, 3.05) is 0 Å². The molecule has 0 aliphatic heterocycles. The molecule has 0 spiro atoms. The van der Waals surface area contributed by atoms with E-state index in [1.54, 1.807) is 0 Å². The zero-order valence-corrected chi connectivity index (χ0v) is 17.9. The lowest BCUT2D eigenvalue weighted by atomic mass is 9.85. The molecule has 10 nitrogen and oxygen atoms in total. The van der Waals surface area contributed by atoms with Crippen LogP contribution in [0, 0.1) is 0 Å². The molecule has 2 rings (SSSR count). The van der Waals surface area contributed by atoms with E-state index in [2.05, 4.69) is 5.48 Å². The summed E-state index contributed by atoms with van der Waals surface area (Å²) in [4.78, 5) is 52.4. The molecule has 10 heteroatoms. The third-order valence-electron chi connectivity index (χ3n) is 4.44. The normalized spacial score (nSPS) is 25.2. The van der Waals surface area contributed by atoms with E-state index in [0.29, 0.717) is 0 Å². The summed E-state index contributed by atoms with van der Waals surface area (Å²) in [6.07, 6.45) is -4.34. The van der Waals surface area contributed by atoms with Crippen LogP contribution in [0.1, 0.15) is 39.7 Å². The van der Waals surface area contributed by atoms with Crippen LogP contribution in [-0.4, -0.2) is 54.3 Å². The molecule has 1 aromatic carbocycles. The molecule has 1 saturated carbocycles. The standard InChI is InChI=1S/C21H27NO9/c1-12(23)28-18-10-17(22-27-11-16-8-6-5-7-9-16)19(29-13(2)24)21(31-15(4)26)20(18)30-14(3)25/h5-9,17-22H,10-11H2,1-4H3/t17-,18+,19-,20+,21+/m0/s1. The van der Waals surface area contributed by atoms with E-state index in [9.17, 15) is 19.2 Å². The Morgan fingerprint density at radius 3 is 1.84 bits per heavy atom. The van der Waals surface area contributed by atoms with Crippen molar-refractivity contribution in [1.82, 2.24) is 5.48 Å². The zero-order valence-electron chi connectivity index (χ0n) is 17.9. The Morgan fingerprint density at radius 1 is 0.774 bits per heavy atom. The second-order valence-electron chi connectivity index (χ2n) is 7.10. The van der Waals surface area contributed by atoms with Gasteiger partial charge in [-0.05, 0) is 5.56 Å². The zero-order chi connectivity index (χ0) is 23.0. The second kappa shape index (κ2) is 11.4. The van der Waals surface area contributed by atoms with Gasteiger partial charge in [0.15, 0.2) is 18.3 Å². The van der Waals surface area contributed by atoms with Gasteiger partial charge >= 0.3 is 23.9 Å². The van der Waals surface area contributed by atoms with E-state index in [1.807, 2.05) is 30.3 Å². The third kappa shape index (κ3) is 7.65. The molecule has 1 N–H and O–H groups in total. The van der Waals surface area contributed by atoms with Gasteiger partial charge in [-0.2, -0.15) is 5.48 Å². The molecule has 0 saturated heterocycles. The average Bonchev–Trinajstić information content (AvgIpc) is 2.66. The van der Waals surface area contributed by atoms with Crippen LogP contribution in [0.3, 0.4) is 0 Å². The van der Waals surface area contributed by atoms with Crippen LogP contribution >= 0.6 is 0 Å². The highest BCUT2D eigenvalue weighted by Gasteiger charge is 2.52. The van der Waals surface area contributed by atoms with E-state index >= 15 is 0 Å². The molecule has 0 aromatic heterocycles. The number of hydrogen-bond acceptors (Lipinski definition) is 10. The lowest BCUT2D eigenvalue weighted by Crippen LogP contribution is -2.63. The van der Waals surface area contributed by atoms with Crippen LogP contribution < -0.4 is 5.48 Å². The fourth-order valence-corrected chi connectivity index (χ4v) is 3.40. The Hall–Kier alpha value is -2.98. The number of rotatable bonds is 8. The van der Waals surface area contributed by atoms with Gasteiger partial charge in [-0.1, -0.05) is 30.3 Å². The topological polar surface area (TPSA) is 126 Å². The molecular formula is C21H27NO9. The van der Waals surface area contributed by atoms with Crippen molar-refractivity contribution in [2.24, 2.45) is 0 Å². The SMILES string of the molecule is CC(=O)O[C@@H]1[C@@H](OC(C)=O)[C@@H](NOCc2ccccc2)C[C@@H](OC(C)=O)[C@H]1OC(C)=O. The van der Waals surface area contributed by atoms with E-state index in [-0.39, 0.29) is 13.0 Å². The Morgan fingerprint density at radius 2 is 1.29 bits per heavy atom. The molecule has 1 fully saturated rings. The molecule has 31 heavy (non-hydrogen) atoms. The summed E-state index contributed by atoms with van der Waals surface area (Å²) in [5.74, 6) is -2.61. The lowest BCUT2D eigenvalue weighted by molar-refractivity contribution is -0.220. The smallest absolute Gasteiger partial charge is 0.303 e. The van der Waals surface area contributed by atoms with Gasteiger partial charge in [0.05, 0.1) is 12.6 Å². The van der Waals surface area contributed by atoms with Crippen molar-refractivity contribution >= 4 is 23.9 Å². The summed E-state index contributed by atoms with van der Waals surface area (Å²) in [6.45, 7) is 4.95. The maximum absolute atomic E-state index is 11.7. The van der Waals surface area contributed by atoms with Crippen LogP contribution in [0.25, 0.3) is 0 Å². The molecule has 0 amide bonds. The molecule has 0 heterocycles. The fourth-order valence-electron chi connectivity index (χ4n) is 3.40. The number of esters is 4. The number of nitrogens with one attached hydrogen (secondary N) is 1. The summed E-state index contributed by atoms with van der Waals surface area (Å²) in [5, 5.41) is 0. The minimum Gasteiger partial charge on any atom is -0.458 e. The minimum absolute atomic E-state index is 0.0715. The first kappa shape index (κ1) is 24.3. The van der Waals surface area contributed by atoms with Gasteiger partial charge in [0.2, 0.25) is 0 Å². The quantitative estimate of drug-likeness (QED) is 0.360. The first-order chi connectivity index (χ1) is 14.7. The summed E-state index contributed by atoms with van der Waals surface area (Å²) < 4.78 is 21.4. The third-order valence-corrected chi connectivity index (χ3v) is 4.44. The van der Waals surface area contributed by atoms with Gasteiger partial charge in [0, 0.05) is 34.1 Å². The van der Waals surface area contributed by atoms with Crippen LogP contribution in [0.15, 0.2) is 30.3 Å².